The van der Waals surface area contributed by atoms with E-state index in [1.54, 1.807) is 0 Å². The molecule has 0 aliphatic carbocycles. The lowest BCUT2D eigenvalue weighted by atomic mass is 10.2. The molecule has 40 heavy (non-hydrogen) atoms. The summed E-state index contributed by atoms with van der Waals surface area (Å²) in [7, 11) is 0. The van der Waals surface area contributed by atoms with E-state index in [-0.39, 0.29) is 74.7 Å². The molecule has 0 radical (unpaired) electrons. The van der Waals surface area contributed by atoms with Crippen molar-refractivity contribution in [1.29, 1.82) is 0 Å². The Morgan fingerprint density at radius 3 is 1.32 bits per heavy atom. The first kappa shape index (κ1) is 32.8. The van der Waals surface area contributed by atoms with Crippen LogP contribution in [-0.4, -0.2) is 107 Å². The Kier molecular flexibility index (Phi) is 14.7. The fraction of sp³-hybridized carbons (Fsp3) is 0.615. The second kappa shape index (κ2) is 18.0. The number of aliphatic hydroxyl groups excluding tert-OH is 2. The van der Waals surface area contributed by atoms with E-state index in [0.29, 0.717) is 51.6 Å². The predicted molar refractivity (Wildman–Crippen MR) is 139 cm³/mol. The third-order valence-corrected chi connectivity index (χ3v) is 5.95. The first-order valence-electron chi connectivity index (χ1n) is 13.3. The molecule has 2 atom stereocenters. The highest BCUT2D eigenvalue weighted by Crippen LogP contribution is 2.09. The largest absolute Gasteiger partial charge is 0.374 e. The highest BCUT2D eigenvalue weighted by molar-refractivity contribution is 6.13. The maximum absolute atomic E-state index is 11.9. The van der Waals surface area contributed by atoms with Crippen LogP contribution in [0.4, 0.5) is 0 Å². The summed E-state index contributed by atoms with van der Waals surface area (Å²) >= 11 is 0. The molecule has 2 heterocycles. The van der Waals surface area contributed by atoms with Gasteiger partial charge >= 0.3 is 0 Å². The first-order valence-corrected chi connectivity index (χ1v) is 13.3. The zero-order chi connectivity index (χ0) is 29.3. The van der Waals surface area contributed by atoms with Crippen LogP contribution in [0.3, 0.4) is 0 Å². The van der Waals surface area contributed by atoms with Gasteiger partial charge in [-0.25, -0.2) is 0 Å². The van der Waals surface area contributed by atoms with Gasteiger partial charge in [0, 0.05) is 50.2 Å². The number of amides is 6. The molecule has 0 aromatic carbocycles. The molecular formula is C26H38N4O10. The maximum atomic E-state index is 11.9. The number of hydrogen-bond donors (Lipinski definition) is 4. The second-order valence-corrected chi connectivity index (χ2v) is 9.26. The van der Waals surface area contributed by atoms with Crippen molar-refractivity contribution in [2.24, 2.45) is 0 Å². The minimum atomic E-state index is -1.20. The summed E-state index contributed by atoms with van der Waals surface area (Å²) in [5.41, 5.74) is 0. The molecule has 0 bridgehead atoms. The van der Waals surface area contributed by atoms with Crippen molar-refractivity contribution in [3.05, 3.63) is 24.3 Å². The van der Waals surface area contributed by atoms with Gasteiger partial charge in [-0.2, -0.15) is 0 Å². The number of nitrogens with zero attached hydrogens (tertiary/aromatic N) is 2. The van der Waals surface area contributed by atoms with Gasteiger partial charge in [0.1, 0.15) is 12.5 Å². The van der Waals surface area contributed by atoms with Crippen LogP contribution in [0.1, 0.15) is 51.4 Å². The normalized spacial score (nSPS) is 16.2. The predicted octanol–water partition coefficient (Wildman–Crippen LogP) is -1.14. The van der Waals surface area contributed by atoms with Gasteiger partial charge in [-0.15, -0.1) is 0 Å². The summed E-state index contributed by atoms with van der Waals surface area (Å²) in [6, 6.07) is 0. The SMILES string of the molecule is O=C(CCCCCN1C(=O)C=CC1=O)NC(O)COCCOCC(O)NC(=O)CCCCCN1C(=O)C=CC1=O. The molecule has 0 spiro atoms. The first-order chi connectivity index (χ1) is 19.2. The number of aliphatic hydroxyl groups is 2. The molecule has 0 aromatic heterocycles. The summed E-state index contributed by atoms with van der Waals surface area (Å²) in [5.74, 6) is -2.02. The highest BCUT2D eigenvalue weighted by atomic mass is 16.5. The smallest absolute Gasteiger partial charge is 0.253 e. The Hall–Kier alpha value is -3.46. The van der Waals surface area contributed by atoms with Crippen molar-refractivity contribution in [2.45, 2.75) is 63.8 Å². The molecule has 2 rings (SSSR count). The van der Waals surface area contributed by atoms with Gasteiger partial charge < -0.3 is 30.3 Å². The van der Waals surface area contributed by atoms with E-state index in [2.05, 4.69) is 10.6 Å². The molecular weight excluding hydrogens is 528 g/mol. The van der Waals surface area contributed by atoms with Crippen LogP contribution in [0, 0.1) is 0 Å². The number of carbonyl (C=O) groups excluding carboxylic acids is 6. The monoisotopic (exact) mass is 566 g/mol. The number of ether oxygens (including phenoxy) is 2. The molecule has 2 unspecified atom stereocenters. The van der Waals surface area contributed by atoms with Gasteiger partial charge in [-0.1, -0.05) is 12.8 Å². The number of rotatable bonds is 21. The minimum absolute atomic E-state index is 0.0912. The van der Waals surface area contributed by atoms with Crippen LogP contribution in [0.15, 0.2) is 24.3 Å². The molecule has 0 saturated heterocycles. The number of carbonyl (C=O) groups is 6. The van der Waals surface area contributed by atoms with E-state index < -0.39 is 12.5 Å². The zero-order valence-electron chi connectivity index (χ0n) is 22.4. The summed E-state index contributed by atoms with van der Waals surface area (Å²) in [4.78, 5) is 71.9. The third kappa shape index (κ3) is 12.6. The van der Waals surface area contributed by atoms with Crippen LogP contribution in [0.5, 0.6) is 0 Å². The van der Waals surface area contributed by atoms with Crippen LogP contribution in [-0.2, 0) is 38.2 Å². The molecule has 14 heteroatoms. The van der Waals surface area contributed by atoms with Crippen molar-refractivity contribution in [3.8, 4) is 0 Å². The van der Waals surface area contributed by atoms with Crippen molar-refractivity contribution in [2.75, 3.05) is 39.5 Å². The molecule has 0 fully saturated rings. The Balaban J connectivity index is 1.38. The van der Waals surface area contributed by atoms with Crippen LogP contribution < -0.4 is 10.6 Å². The van der Waals surface area contributed by atoms with E-state index in [0.717, 1.165) is 9.80 Å². The van der Waals surface area contributed by atoms with Crippen LogP contribution in [0.2, 0.25) is 0 Å². The molecule has 0 aromatic rings. The average molecular weight is 567 g/mol. The van der Waals surface area contributed by atoms with E-state index in [1.165, 1.54) is 24.3 Å². The van der Waals surface area contributed by atoms with E-state index in [4.69, 9.17) is 9.47 Å². The third-order valence-electron chi connectivity index (χ3n) is 5.95. The summed E-state index contributed by atoms with van der Waals surface area (Å²) in [5, 5.41) is 24.5. The molecule has 222 valence electrons. The Bertz CT molecular complexity index is 855. The van der Waals surface area contributed by atoms with Gasteiger partial charge in [0.05, 0.1) is 26.4 Å². The van der Waals surface area contributed by atoms with Crippen molar-refractivity contribution >= 4 is 35.4 Å². The molecule has 0 saturated carbocycles. The van der Waals surface area contributed by atoms with E-state index in [9.17, 15) is 39.0 Å². The second-order valence-electron chi connectivity index (χ2n) is 9.26. The fourth-order valence-corrected chi connectivity index (χ4v) is 3.87. The van der Waals surface area contributed by atoms with E-state index >= 15 is 0 Å². The highest BCUT2D eigenvalue weighted by Gasteiger charge is 2.23. The standard InChI is InChI=1S/C26H38N4O10/c31-19(7-3-1-5-13-29-23(35)9-10-24(29)36)27-21(33)17-39-15-16-40-18-22(34)28-20(32)8-4-2-6-14-30-25(37)11-12-26(30)38/h9-12,21-22,33-34H,1-8,13-18H2,(H,27,31)(H,28,32). The number of hydrogen-bond acceptors (Lipinski definition) is 10. The minimum Gasteiger partial charge on any atom is -0.374 e. The Morgan fingerprint density at radius 1 is 0.625 bits per heavy atom. The van der Waals surface area contributed by atoms with E-state index in [1.807, 2.05) is 0 Å². The van der Waals surface area contributed by atoms with Crippen molar-refractivity contribution < 1.29 is 48.5 Å². The maximum Gasteiger partial charge on any atom is 0.253 e. The van der Waals surface area contributed by atoms with Crippen LogP contribution in [0.25, 0.3) is 0 Å². The topological polar surface area (TPSA) is 192 Å². The molecule has 4 N–H and O–H groups in total. The molecule has 2 aliphatic heterocycles. The van der Waals surface area contributed by atoms with Gasteiger partial charge in [-0.05, 0) is 25.7 Å². The van der Waals surface area contributed by atoms with Gasteiger partial charge in [0.15, 0.2) is 0 Å². The summed E-state index contributed by atoms with van der Waals surface area (Å²) in [6.45, 7) is 0.485. The lowest BCUT2D eigenvalue weighted by Gasteiger charge is -2.15. The lowest BCUT2D eigenvalue weighted by molar-refractivity contribution is -0.138. The summed E-state index contributed by atoms with van der Waals surface area (Å²) < 4.78 is 10.4. The van der Waals surface area contributed by atoms with Crippen molar-refractivity contribution in [3.63, 3.8) is 0 Å². The van der Waals surface area contributed by atoms with Crippen molar-refractivity contribution in [1.82, 2.24) is 20.4 Å². The molecule has 2 aliphatic rings. The number of unbranched alkanes of at least 4 members (excludes halogenated alkanes) is 4. The number of nitrogens with one attached hydrogen (secondary N) is 2. The molecule has 6 amide bonds. The van der Waals surface area contributed by atoms with Gasteiger partial charge in [0.25, 0.3) is 23.6 Å². The fourth-order valence-electron chi connectivity index (χ4n) is 3.87. The molecule has 14 nitrogen and oxygen atoms in total. The van der Waals surface area contributed by atoms with Gasteiger partial charge in [-0.3, -0.25) is 38.6 Å². The average Bonchev–Trinajstić information content (AvgIpc) is 3.40. The zero-order valence-corrected chi connectivity index (χ0v) is 22.4. The lowest BCUT2D eigenvalue weighted by Crippen LogP contribution is -2.39. The summed E-state index contributed by atoms with van der Waals surface area (Å²) in [6.07, 6.45) is 6.42. The van der Waals surface area contributed by atoms with Crippen LogP contribution >= 0.6 is 0 Å². The Morgan fingerprint density at radius 2 is 0.975 bits per heavy atom. The van der Waals surface area contributed by atoms with Gasteiger partial charge in [0.2, 0.25) is 11.8 Å². The quantitative estimate of drug-likeness (QED) is 0.0750. The Labute approximate surface area is 232 Å². The number of imide groups is 2.